The number of thioether (sulfide) groups is 1. The van der Waals surface area contributed by atoms with Gasteiger partial charge in [0.2, 0.25) is 5.75 Å². The molecule has 0 atom stereocenters. The standard InChI is InChI=1S/C30H25N3O5S/c1-36-25-15-21(16-26(37-2)28(25)34)17-27-29(35)33(19-24-9-6-14-38-24)30(39-27)32-31-18-20-10-12-23(13-11-20)22-7-4-3-5-8-22/h3-18,34H,19H2,1-2H3/b27-17-,31-18-,32-30+. The second-order valence-corrected chi connectivity index (χ2v) is 9.48. The molecule has 1 aliphatic heterocycles. The minimum Gasteiger partial charge on any atom is -0.502 e. The van der Waals surface area contributed by atoms with Crippen molar-refractivity contribution >= 4 is 35.1 Å². The lowest BCUT2D eigenvalue weighted by atomic mass is 10.0. The Labute approximate surface area is 229 Å². The summed E-state index contributed by atoms with van der Waals surface area (Å²) in [5, 5.41) is 19.3. The van der Waals surface area contributed by atoms with E-state index in [2.05, 4.69) is 22.3 Å². The Kier molecular flexibility index (Phi) is 7.79. The molecule has 39 heavy (non-hydrogen) atoms. The number of nitrogens with zero attached hydrogens (tertiary/aromatic N) is 3. The van der Waals surface area contributed by atoms with Crippen LogP contribution in [-0.2, 0) is 11.3 Å². The Hall–Kier alpha value is -4.76. The van der Waals surface area contributed by atoms with E-state index < -0.39 is 0 Å². The van der Waals surface area contributed by atoms with Gasteiger partial charge in [-0.15, -0.1) is 5.10 Å². The third-order valence-corrected chi connectivity index (χ3v) is 6.95. The van der Waals surface area contributed by atoms with Gasteiger partial charge in [0, 0.05) is 0 Å². The first kappa shape index (κ1) is 25.9. The zero-order valence-electron chi connectivity index (χ0n) is 21.3. The fraction of sp³-hybridized carbons (Fsp3) is 0.100. The molecule has 2 heterocycles. The molecule has 8 nitrogen and oxygen atoms in total. The summed E-state index contributed by atoms with van der Waals surface area (Å²) in [5.41, 5.74) is 3.75. The number of amidine groups is 1. The van der Waals surface area contributed by atoms with E-state index in [0.29, 0.717) is 21.4 Å². The second-order valence-electron chi connectivity index (χ2n) is 8.47. The first-order valence-corrected chi connectivity index (χ1v) is 12.8. The average Bonchev–Trinajstić information content (AvgIpc) is 3.59. The zero-order valence-corrected chi connectivity index (χ0v) is 22.1. The Morgan fingerprint density at radius 2 is 1.62 bits per heavy atom. The first-order chi connectivity index (χ1) is 19.1. The summed E-state index contributed by atoms with van der Waals surface area (Å²) < 4.78 is 15.9. The molecule has 4 aromatic rings. The molecule has 1 aliphatic rings. The van der Waals surface area contributed by atoms with Crippen molar-refractivity contribution < 1.29 is 23.8 Å². The van der Waals surface area contributed by atoms with Crippen molar-refractivity contribution in [2.24, 2.45) is 10.2 Å². The number of furan rings is 1. The van der Waals surface area contributed by atoms with Crippen LogP contribution in [0.3, 0.4) is 0 Å². The molecule has 1 fully saturated rings. The number of methoxy groups -OCH3 is 2. The third-order valence-electron chi connectivity index (χ3n) is 5.95. The molecule has 196 valence electrons. The van der Waals surface area contributed by atoms with Gasteiger partial charge in [0.15, 0.2) is 16.7 Å². The number of carbonyl (C=O) groups excluding carboxylic acids is 1. The Morgan fingerprint density at radius 3 is 2.26 bits per heavy atom. The summed E-state index contributed by atoms with van der Waals surface area (Å²) in [7, 11) is 2.90. The largest absolute Gasteiger partial charge is 0.502 e. The van der Waals surface area contributed by atoms with E-state index in [0.717, 1.165) is 16.7 Å². The van der Waals surface area contributed by atoms with Crippen LogP contribution in [0.2, 0.25) is 0 Å². The van der Waals surface area contributed by atoms with E-state index in [-0.39, 0.29) is 29.7 Å². The molecule has 9 heteroatoms. The minimum absolute atomic E-state index is 0.111. The van der Waals surface area contributed by atoms with Gasteiger partial charge in [-0.3, -0.25) is 9.69 Å². The number of benzene rings is 3. The Bertz CT molecular complexity index is 1520. The van der Waals surface area contributed by atoms with E-state index in [1.807, 2.05) is 42.5 Å². The average molecular weight is 540 g/mol. The molecule has 0 spiro atoms. The molecule has 0 saturated carbocycles. The SMILES string of the molecule is COc1cc(/C=C2\S/C(=N/N=C\c3ccc(-c4ccccc4)cc3)N(Cc3ccco3)C2=O)cc(OC)c1O. The van der Waals surface area contributed by atoms with Gasteiger partial charge in [-0.05, 0) is 64.4 Å². The summed E-state index contributed by atoms with van der Waals surface area (Å²) in [4.78, 5) is 15.3. The zero-order chi connectivity index (χ0) is 27.2. The van der Waals surface area contributed by atoms with Crippen molar-refractivity contribution in [3.8, 4) is 28.4 Å². The van der Waals surface area contributed by atoms with Crippen molar-refractivity contribution in [2.45, 2.75) is 6.54 Å². The normalized spacial score (nSPS) is 15.5. The molecule has 0 unspecified atom stereocenters. The maximum atomic E-state index is 13.4. The summed E-state index contributed by atoms with van der Waals surface area (Å²) in [6, 6.07) is 24.9. The van der Waals surface area contributed by atoms with Gasteiger partial charge in [0.05, 0.1) is 38.1 Å². The predicted molar refractivity (Wildman–Crippen MR) is 153 cm³/mol. The van der Waals surface area contributed by atoms with E-state index in [9.17, 15) is 9.90 Å². The van der Waals surface area contributed by atoms with Crippen LogP contribution in [0.1, 0.15) is 16.9 Å². The molecular formula is C30H25N3O5S. The number of hydrogen-bond acceptors (Lipinski definition) is 8. The van der Waals surface area contributed by atoms with Gasteiger partial charge in [0.1, 0.15) is 5.76 Å². The number of amides is 1. The van der Waals surface area contributed by atoms with Crippen molar-refractivity contribution in [2.75, 3.05) is 14.2 Å². The number of phenolic OH excluding ortho intramolecular Hbond substituents is 1. The van der Waals surface area contributed by atoms with Crippen LogP contribution >= 0.6 is 11.8 Å². The number of carbonyl (C=O) groups is 1. The third kappa shape index (κ3) is 5.89. The molecule has 1 N–H and O–H groups in total. The highest BCUT2D eigenvalue weighted by molar-refractivity contribution is 8.18. The molecule has 0 aliphatic carbocycles. The van der Waals surface area contributed by atoms with Gasteiger partial charge in [-0.2, -0.15) is 5.10 Å². The first-order valence-electron chi connectivity index (χ1n) is 12.0. The molecule has 1 amide bonds. The molecule has 1 aromatic heterocycles. The van der Waals surface area contributed by atoms with Crippen LogP contribution in [0.25, 0.3) is 17.2 Å². The maximum Gasteiger partial charge on any atom is 0.267 e. The highest BCUT2D eigenvalue weighted by Gasteiger charge is 2.34. The molecule has 0 bridgehead atoms. The highest BCUT2D eigenvalue weighted by Crippen LogP contribution is 2.40. The number of rotatable bonds is 8. The van der Waals surface area contributed by atoms with Crippen molar-refractivity contribution in [1.29, 1.82) is 0 Å². The number of hydrogen-bond donors (Lipinski definition) is 1. The van der Waals surface area contributed by atoms with Crippen LogP contribution < -0.4 is 9.47 Å². The molecule has 1 saturated heterocycles. The minimum atomic E-state index is -0.247. The van der Waals surface area contributed by atoms with E-state index >= 15 is 0 Å². The lowest BCUT2D eigenvalue weighted by molar-refractivity contribution is -0.122. The monoisotopic (exact) mass is 539 g/mol. The van der Waals surface area contributed by atoms with Crippen LogP contribution in [0.5, 0.6) is 17.2 Å². The Balaban J connectivity index is 1.41. The lowest BCUT2D eigenvalue weighted by Gasteiger charge is -2.12. The highest BCUT2D eigenvalue weighted by atomic mass is 32.2. The number of phenols is 1. The van der Waals surface area contributed by atoms with Crippen molar-refractivity contribution in [1.82, 2.24) is 4.90 Å². The van der Waals surface area contributed by atoms with E-state index in [4.69, 9.17) is 13.9 Å². The summed E-state index contributed by atoms with van der Waals surface area (Å²) in [6.07, 6.45) is 4.90. The quantitative estimate of drug-likeness (QED) is 0.163. The van der Waals surface area contributed by atoms with Gasteiger partial charge in [0.25, 0.3) is 5.91 Å². The summed E-state index contributed by atoms with van der Waals surface area (Å²) in [6.45, 7) is 0.207. The van der Waals surface area contributed by atoms with Crippen LogP contribution in [0.4, 0.5) is 0 Å². The molecule has 0 radical (unpaired) electrons. The molecule has 3 aromatic carbocycles. The van der Waals surface area contributed by atoms with Gasteiger partial charge in [-0.25, -0.2) is 0 Å². The summed E-state index contributed by atoms with van der Waals surface area (Å²) >= 11 is 1.20. The Morgan fingerprint density at radius 1 is 0.923 bits per heavy atom. The molecule has 5 rings (SSSR count). The fourth-order valence-corrected chi connectivity index (χ4v) is 4.90. The van der Waals surface area contributed by atoms with Crippen LogP contribution in [-0.4, -0.2) is 41.5 Å². The molecular weight excluding hydrogens is 514 g/mol. The van der Waals surface area contributed by atoms with Crippen LogP contribution in [0, 0.1) is 0 Å². The van der Waals surface area contributed by atoms with E-state index in [1.54, 1.807) is 42.8 Å². The predicted octanol–water partition coefficient (Wildman–Crippen LogP) is 6.18. The fourth-order valence-electron chi connectivity index (χ4n) is 3.97. The smallest absolute Gasteiger partial charge is 0.267 e. The maximum absolute atomic E-state index is 13.4. The van der Waals surface area contributed by atoms with Crippen LogP contribution in [0.15, 0.2) is 105 Å². The lowest BCUT2D eigenvalue weighted by Crippen LogP contribution is -2.28. The topological polar surface area (TPSA) is 96.9 Å². The van der Waals surface area contributed by atoms with E-state index in [1.165, 1.54) is 30.9 Å². The van der Waals surface area contributed by atoms with Gasteiger partial charge >= 0.3 is 0 Å². The van der Waals surface area contributed by atoms with Crippen molar-refractivity contribution in [3.05, 3.63) is 107 Å². The second kappa shape index (κ2) is 11.7. The van der Waals surface area contributed by atoms with Gasteiger partial charge < -0.3 is 19.0 Å². The van der Waals surface area contributed by atoms with Crippen molar-refractivity contribution in [3.63, 3.8) is 0 Å². The number of aromatic hydroxyl groups is 1. The number of ether oxygens (including phenoxy) is 2. The van der Waals surface area contributed by atoms with Gasteiger partial charge in [-0.1, -0.05) is 54.6 Å². The summed E-state index contributed by atoms with van der Waals surface area (Å²) in [5.74, 6) is 0.733.